The van der Waals surface area contributed by atoms with Gasteiger partial charge in [0.05, 0.1) is 7.11 Å². The van der Waals surface area contributed by atoms with Gasteiger partial charge in [-0.3, -0.25) is 4.90 Å². The fourth-order valence-corrected chi connectivity index (χ4v) is 3.00. The monoisotopic (exact) mass is 288 g/mol. The summed E-state index contributed by atoms with van der Waals surface area (Å²) in [5, 5.41) is 3.42. The largest absolute Gasteiger partial charge is 0.496 e. The number of nitrogens with zero attached hydrogens (tertiary/aromatic N) is 1. The molecule has 116 valence electrons. The molecule has 21 heavy (non-hydrogen) atoms. The van der Waals surface area contributed by atoms with Gasteiger partial charge in [-0.05, 0) is 24.0 Å². The van der Waals surface area contributed by atoms with Crippen molar-refractivity contribution in [1.29, 1.82) is 0 Å². The number of benzene rings is 1. The molecular weight excluding hydrogens is 260 g/mol. The molecular formula is C18H28N2O. The first kappa shape index (κ1) is 16.1. The van der Waals surface area contributed by atoms with E-state index in [9.17, 15) is 0 Å². The fraction of sp³-hybridized carbons (Fsp3) is 0.556. The predicted molar refractivity (Wildman–Crippen MR) is 89.1 cm³/mol. The molecule has 1 aromatic rings. The van der Waals surface area contributed by atoms with Crippen LogP contribution in [0.1, 0.15) is 43.4 Å². The molecule has 3 nitrogen and oxygen atoms in total. The summed E-state index contributed by atoms with van der Waals surface area (Å²) >= 11 is 0. The first-order valence-corrected chi connectivity index (χ1v) is 7.90. The molecule has 2 rings (SSSR count). The van der Waals surface area contributed by atoms with Crippen molar-refractivity contribution < 1.29 is 4.74 Å². The van der Waals surface area contributed by atoms with Gasteiger partial charge in [-0.15, -0.1) is 6.58 Å². The predicted octanol–water partition coefficient (Wildman–Crippen LogP) is 3.34. The zero-order valence-electron chi connectivity index (χ0n) is 13.6. The van der Waals surface area contributed by atoms with E-state index >= 15 is 0 Å². The molecule has 0 saturated carbocycles. The maximum atomic E-state index is 5.62. The van der Waals surface area contributed by atoms with E-state index in [0.29, 0.717) is 12.0 Å². The number of rotatable bonds is 6. The number of hydrogen-bond acceptors (Lipinski definition) is 3. The van der Waals surface area contributed by atoms with Crippen molar-refractivity contribution in [2.75, 3.05) is 33.3 Å². The van der Waals surface area contributed by atoms with E-state index in [1.54, 1.807) is 7.11 Å². The molecule has 1 heterocycles. The average Bonchev–Trinajstić information content (AvgIpc) is 2.52. The minimum Gasteiger partial charge on any atom is -0.496 e. The Morgan fingerprint density at radius 3 is 2.62 bits per heavy atom. The normalized spacial score (nSPS) is 17.7. The van der Waals surface area contributed by atoms with Gasteiger partial charge in [-0.2, -0.15) is 0 Å². The molecule has 0 aliphatic carbocycles. The van der Waals surface area contributed by atoms with Gasteiger partial charge in [0.25, 0.3) is 0 Å². The van der Waals surface area contributed by atoms with Crippen LogP contribution >= 0.6 is 0 Å². The molecule has 1 fully saturated rings. The van der Waals surface area contributed by atoms with E-state index in [2.05, 4.69) is 48.8 Å². The van der Waals surface area contributed by atoms with Crippen LogP contribution in [0.15, 0.2) is 30.9 Å². The minimum absolute atomic E-state index is 0.359. The van der Waals surface area contributed by atoms with Crippen molar-refractivity contribution in [2.24, 2.45) is 0 Å². The van der Waals surface area contributed by atoms with Crippen LogP contribution in [0.4, 0.5) is 0 Å². The summed E-state index contributed by atoms with van der Waals surface area (Å²) in [6, 6.07) is 6.97. The Kier molecular flexibility index (Phi) is 5.83. The third-order valence-electron chi connectivity index (χ3n) is 4.26. The minimum atomic E-state index is 0.359. The van der Waals surface area contributed by atoms with Gasteiger partial charge < -0.3 is 10.1 Å². The molecule has 1 atom stereocenters. The fourth-order valence-electron chi connectivity index (χ4n) is 3.00. The molecule has 1 N–H and O–H groups in total. The number of ether oxygens (including phenoxy) is 1. The highest BCUT2D eigenvalue weighted by Crippen LogP contribution is 2.34. The van der Waals surface area contributed by atoms with E-state index in [0.717, 1.165) is 38.3 Å². The van der Waals surface area contributed by atoms with Crippen LogP contribution in [0.5, 0.6) is 5.75 Å². The number of methoxy groups -OCH3 is 1. The molecule has 0 amide bonds. The summed E-state index contributed by atoms with van der Waals surface area (Å²) in [6.07, 6.45) is 2.98. The Balaban J connectivity index is 2.36. The molecule has 3 heteroatoms. The number of piperazine rings is 1. The van der Waals surface area contributed by atoms with Gasteiger partial charge in [0.1, 0.15) is 5.75 Å². The van der Waals surface area contributed by atoms with E-state index in [4.69, 9.17) is 4.74 Å². The van der Waals surface area contributed by atoms with E-state index in [-0.39, 0.29) is 0 Å². The summed E-state index contributed by atoms with van der Waals surface area (Å²) < 4.78 is 5.62. The van der Waals surface area contributed by atoms with Crippen molar-refractivity contribution >= 4 is 0 Å². The summed E-state index contributed by atoms with van der Waals surface area (Å²) in [5.74, 6) is 1.52. The van der Waals surface area contributed by atoms with Gasteiger partial charge in [0, 0.05) is 37.8 Å². The molecule has 0 unspecified atom stereocenters. The Morgan fingerprint density at radius 2 is 2.05 bits per heavy atom. The topological polar surface area (TPSA) is 24.5 Å². The van der Waals surface area contributed by atoms with Crippen LogP contribution in [-0.4, -0.2) is 38.2 Å². The Morgan fingerprint density at radius 1 is 1.33 bits per heavy atom. The van der Waals surface area contributed by atoms with Crippen molar-refractivity contribution in [1.82, 2.24) is 10.2 Å². The van der Waals surface area contributed by atoms with Crippen LogP contribution in [-0.2, 0) is 0 Å². The number of hydrogen-bond donors (Lipinski definition) is 1. The van der Waals surface area contributed by atoms with Crippen LogP contribution in [0, 0.1) is 0 Å². The van der Waals surface area contributed by atoms with Gasteiger partial charge in [-0.25, -0.2) is 0 Å². The molecule has 1 aliphatic rings. The van der Waals surface area contributed by atoms with E-state index in [1.165, 1.54) is 11.1 Å². The summed E-state index contributed by atoms with van der Waals surface area (Å²) in [5.41, 5.74) is 2.67. The van der Waals surface area contributed by atoms with Gasteiger partial charge in [-0.1, -0.05) is 32.1 Å². The lowest BCUT2D eigenvalue weighted by atomic mass is 9.94. The summed E-state index contributed by atoms with van der Waals surface area (Å²) in [7, 11) is 1.76. The molecule has 0 bridgehead atoms. The zero-order valence-corrected chi connectivity index (χ0v) is 13.6. The average molecular weight is 288 g/mol. The SMILES string of the molecule is C=CC[C@H](c1cc(C(C)C)ccc1OC)N1CCNCC1. The molecule has 0 spiro atoms. The van der Waals surface area contributed by atoms with Gasteiger partial charge in [0.2, 0.25) is 0 Å². The molecule has 1 aromatic carbocycles. The van der Waals surface area contributed by atoms with Crippen LogP contribution in [0.25, 0.3) is 0 Å². The van der Waals surface area contributed by atoms with Crippen molar-refractivity contribution in [2.45, 2.75) is 32.2 Å². The molecule has 0 radical (unpaired) electrons. The Bertz CT molecular complexity index is 464. The zero-order chi connectivity index (χ0) is 15.2. The third kappa shape index (κ3) is 3.86. The summed E-state index contributed by atoms with van der Waals surface area (Å²) in [4.78, 5) is 2.54. The Hall–Kier alpha value is -1.32. The highest BCUT2D eigenvalue weighted by Gasteiger charge is 2.24. The lowest BCUT2D eigenvalue weighted by molar-refractivity contribution is 0.171. The molecule has 1 aliphatic heterocycles. The molecule has 1 saturated heterocycles. The Labute approximate surface area is 129 Å². The van der Waals surface area contributed by atoms with Crippen molar-refractivity contribution in [3.05, 3.63) is 42.0 Å². The molecule has 0 aromatic heterocycles. The quantitative estimate of drug-likeness (QED) is 0.813. The maximum absolute atomic E-state index is 5.62. The second kappa shape index (κ2) is 7.62. The second-order valence-corrected chi connectivity index (χ2v) is 5.98. The van der Waals surface area contributed by atoms with Crippen LogP contribution < -0.4 is 10.1 Å². The maximum Gasteiger partial charge on any atom is 0.123 e. The van der Waals surface area contributed by atoms with Crippen molar-refractivity contribution in [3.63, 3.8) is 0 Å². The highest BCUT2D eigenvalue weighted by atomic mass is 16.5. The lowest BCUT2D eigenvalue weighted by Crippen LogP contribution is -2.45. The number of nitrogens with one attached hydrogen (secondary N) is 1. The third-order valence-corrected chi connectivity index (χ3v) is 4.26. The van der Waals surface area contributed by atoms with E-state index in [1.807, 2.05) is 6.08 Å². The van der Waals surface area contributed by atoms with Crippen LogP contribution in [0.3, 0.4) is 0 Å². The van der Waals surface area contributed by atoms with Crippen LogP contribution in [0.2, 0.25) is 0 Å². The lowest BCUT2D eigenvalue weighted by Gasteiger charge is -2.35. The highest BCUT2D eigenvalue weighted by molar-refractivity contribution is 5.41. The first-order valence-electron chi connectivity index (χ1n) is 7.90. The summed E-state index contributed by atoms with van der Waals surface area (Å²) in [6.45, 7) is 12.7. The standard InChI is InChI=1S/C18H28N2O/c1-5-6-17(20-11-9-19-10-12-20)16-13-15(14(2)3)7-8-18(16)21-4/h5,7-8,13-14,17,19H,1,6,9-12H2,2-4H3/t17-/m1/s1. The first-order chi connectivity index (χ1) is 10.2. The van der Waals surface area contributed by atoms with Gasteiger partial charge >= 0.3 is 0 Å². The smallest absolute Gasteiger partial charge is 0.123 e. The van der Waals surface area contributed by atoms with Gasteiger partial charge in [0.15, 0.2) is 0 Å². The van der Waals surface area contributed by atoms with E-state index < -0.39 is 0 Å². The second-order valence-electron chi connectivity index (χ2n) is 5.98. The van der Waals surface area contributed by atoms with Crippen molar-refractivity contribution in [3.8, 4) is 5.75 Å².